The van der Waals surface area contributed by atoms with Gasteiger partial charge in [0.25, 0.3) is 0 Å². The first-order chi connectivity index (χ1) is 8.95. The van der Waals surface area contributed by atoms with E-state index < -0.39 is 0 Å². The highest BCUT2D eigenvalue weighted by atomic mass is 16.1. The van der Waals surface area contributed by atoms with Crippen molar-refractivity contribution in [3.63, 3.8) is 0 Å². The van der Waals surface area contributed by atoms with E-state index in [9.17, 15) is 4.79 Å². The Kier molecular flexibility index (Phi) is 4.13. The zero-order valence-electron chi connectivity index (χ0n) is 12.1. The molecule has 1 aromatic rings. The van der Waals surface area contributed by atoms with Gasteiger partial charge in [0.1, 0.15) is 0 Å². The normalized spacial score (nSPS) is 27.0. The summed E-state index contributed by atoms with van der Waals surface area (Å²) < 4.78 is 0. The quantitative estimate of drug-likeness (QED) is 0.643. The molecule has 2 unspecified atom stereocenters. The van der Waals surface area contributed by atoms with Crippen LogP contribution in [0.4, 0.5) is 11.4 Å². The van der Waals surface area contributed by atoms with E-state index in [1.54, 1.807) is 6.92 Å². The molecule has 2 rings (SSSR count). The molecule has 3 nitrogen and oxygen atoms in total. The van der Waals surface area contributed by atoms with E-state index in [0.717, 1.165) is 17.5 Å². The Morgan fingerprint density at radius 3 is 2.37 bits per heavy atom. The lowest BCUT2D eigenvalue weighted by Gasteiger charge is -2.32. The van der Waals surface area contributed by atoms with Crippen molar-refractivity contribution in [2.45, 2.75) is 46.1 Å². The lowest BCUT2D eigenvalue weighted by molar-refractivity contribution is 0.101. The molecule has 0 saturated heterocycles. The number of rotatable bonds is 3. The summed E-state index contributed by atoms with van der Waals surface area (Å²) in [4.78, 5) is 11.4. The van der Waals surface area contributed by atoms with Gasteiger partial charge >= 0.3 is 0 Å². The van der Waals surface area contributed by atoms with Crippen molar-refractivity contribution in [2.75, 3.05) is 11.1 Å². The van der Waals surface area contributed by atoms with Crippen molar-refractivity contribution in [3.8, 4) is 0 Å². The average Bonchev–Trinajstić information content (AvgIpc) is 2.26. The highest BCUT2D eigenvalue weighted by Gasteiger charge is 2.23. The van der Waals surface area contributed by atoms with Crippen LogP contribution >= 0.6 is 0 Å². The number of benzene rings is 1. The molecule has 0 amide bonds. The van der Waals surface area contributed by atoms with Crippen molar-refractivity contribution in [3.05, 3.63) is 23.8 Å². The maximum Gasteiger partial charge on any atom is 0.161 e. The van der Waals surface area contributed by atoms with Crippen molar-refractivity contribution >= 4 is 17.2 Å². The number of hydrogen-bond donors (Lipinski definition) is 2. The maximum absolute atomic E-state index is 11.4. The number of nitrogens with two attached hydrogens (primary N) is 1. The standard InChI is InChI=1S/C16H24N2O/c1-10-6-11(2)8-14(7-10)18-13-4-5-15(12(3)19)16(17)9-13/h4-5,9-11,14,18H,6-8,17H2,1-3H3. The van der Waals surface area contributed by atoms with E-state index >= 15 is 0 Å². The zero-order chi connectivity index (χ0) is 14.0. The number of hydrogen-bond acceptors (Lipinski definition) is 3. The van der Waals surface area contributed by atoms with Crippen LogP contribution in [0.1, 0.15) is 50.4 Å². The molecule has 3 heteroatoms. The summed E-state index contributed by atoms with van der Waals surface area (Å²) >= 11 is 0. The van der Waals surface area contributed by atoms with Crippen LogP contribution in [0.25, 0.3) is 0 Å². The summed E-state index contributed by atoms with van der Waals surface area (Å²) in [6, 6.07) is 6.16. The second kappa shape index (κ2) is 5.64. The molecule has 1 aliphatic rings. The van der Waals surface area contributed by atoms with Crippen LogP contribution in [0.3, 0.4) is 0 Å². The molecule has 19 heavy (non-hydrogen) atoms. The molecule has 0 aliphatic heterocycles. The summed E-state index contributed by atoms with van der Waals surface area (Å²) in [7, 11) is 0. The highest BCUT2D eigenvalue weighted by Crippen LogP contribution is 2.31. The molecule has 0 spiro atoms. The number of ketones is 1. The van der Waals surface area contributed by atoms with Gasteiger partial charge in [-0.15, -0.1) is 0 Å². The Labute approximate surface area is 115 Å². The zero-order valence-corrected chi connectivity index (χ0v) is 12.1. The number of Topliss-reactive ketones (excluding diaryl/α,β-unsaturated/α-hetero) is 1. The fourth-order valence-corrected chi connectivity index (χ4v) is 3.27. The topological polar surface area (TPSA) is 55.1 Å². The second-order valence-corrected chi connectivity index (χ2v) is 6.12. The number of nitrogens with one attached hydrogen (secondary N) is 1. The van der Waals surface area contributed by atoms with Gasteiger partial charge < -0.3 is 11.1 Å². The van der Waals surface area contributed by atoms with Gasteiger partial charge in [0, 0.05) is 23.0 Å². The lowest BCUT2D eigenvalue weighted by Crippen LogP contribution is -2.30. The predicted molar refractivity (Wildman–Crippen MR) is 80.4 cm³/mol. The molecule has 0 radical (unpaired) electrons. The van der Waals surface area contributed by atoms with E-state index in [-0.39, 0.29) is 5.78 Å². The third-order valence-electron chi connectivity index (χ3n) is 3.98. The Morgan fingerprint density at radius 1 is 1.21 bits per heavy atom. The smallest absolute Gasteiger partial charge is 0.161 e. The van der Waals surface area contributed by atoms with Crippen LogP contribution in [-0.4, -0.2) is 11.8 Å². The molecule has 0 bridgehead atoms. The van der Waals surface area contributed by atoms with Crippen LogP contribution < -0.4 is 11.1 Å². The first-order valence-corrected chi connectivity index (χ1v) is 7.12. The molecule has 1 aliphatic carbocycles. The van der Waals surface area contributed by atoms with Crippen LogP contribution in [0.5, 0.6) is 0 Å². The molecule has 1 fully saturated rings. The minimum absolute atomic E-state index is 0.0176. The summed E-state index contributed by atoms with van der Waals surface area (Å²) in [6.07, 6.45) is 3.74. The van der Waals surface area contributed by atoms with Gasteiger partial charge in [-0.1, -0.05) is 13.8 Å². The van der Waals surface area contributed by atoms with Crippen LogP contribution in [0.2, 0.25) is 0 Å². The molecule has 0 aromatic heterocycles. The van der Waals surface area contributed by atoms with Crippen LogP contribution in [0.15, 0.2) is 18.2 Å². The first kappa shape index (κ1) is 13.9. The maximum atomic E-state index is 11.4. The van der Waals surface area contributed by atoms with Gasteiger partial charge in [-0.2, -0.15) is 0 Å². The third-order valence-corrected chi connectivity index (χ3v) is 3.98. The van der Waals surface area contributed by atoms with E-state index in [1.807, 2.05) is 18.2 Å². The average molecular weight is 260 g/mol. The summed E-state index contributed by atoms with van der Waals surface area (Å²) in [6.45, 7) is 6.18. The van der Waals surface area contributed by atoms with Gasteiger partial charge in [0.15, 0.2) is 5.78 Å². The van der Waals surface area contributed by atoms with Gasteiger partial charge in [-0.05, 0) is 56.2 Å². The fraction of sp³-hybridized carbons (Fsp3) is 0.562. The molecule has 1 aromatic carbocycles. The molecule has 2 atom stereocenters. The van der Waals surface area contributed by atoms with Gasteiger partial charge in [0.2, 0.25) is 0 Å². The summed E-state index contributed by atoms with van der Waals surface area (Å²) in [5.41, 5.74) is 8.11. The monoisotopic (exact) mass is 260 g/mol. The van der Waals surface area contributed by atoms with Gasteiger partial charge in [-0.3, -0.25) is 4.79 Å². The molecular formula is C16H24N2O. The van der Waals surface area contributed by atoms with Crippen molar-refractivity contribution in [1.82, 2.24) is 0 Å². The van der Waals surface area contributed by atoms with Crippen LogP contribution in [0, 0.1) is 11.8 Å². The Morgan fingerprint density at radius 2 is 1.84 bits per heavy atom. The molecule has 0 heterocycles. The second-order valence-electron chi connectivity index (χ2n) is 6.12. The third kappa shape index (κ3) is 3.49. The van der Waals surface area contributed by atoms with E-state index in [4.69, 9.17) is 5.73 Å². The molecular weight excluding hydrogens is 236 g/mol. The number of carbonyl (C=O) groups excluding carboxylic acids is 1. The fourth-order valence-electron chi connectivity index (χ4n) is 3.27. The summed E-state index contributed by atoms with van der Waals surface area (Å²) in [5.74, 6) is 1.56. The van der Waals surface area contributed by atoms with Gasteiger partial charge in [-0.25, -0.2) is 0 Å². The Hall–Kier alpha value is -1.51. The van der Waals surface area contributed by atoms with Gasteiger partial charge in [0.05, 0.1) is 0 Å². The Balaban J connectivity index is 2.07. The van der Waals surface area contributed by atoms with Crippen molar-refractivity contribution in [2.24, 2.45) is 11.8 Å². The van der Waals surface area contributed by atoms with E-state index in [1.165, 1.54) is 19.3 Å². The first-order valence-electron chi connectivity index (χ1n) is 7.12. The van der Waals surface area contributed by atoms with Crippen molar-refractivity contribution < 1.29 is 4.79 Å². The number of carbonyl (C=O) groups is 1. The van der Waals surface area contributed by atoms with Crippen molar-refractivity contribution in [1.29, 1.82) is 0 Å². The molecule has 1 saturated carbocycles. The van der Waals surface area contributed by atoms with E-state index in [0.29, 0.717) is 17.3 Å². The SMILES string of the molecule is CC(=O)c1ccc(NC2CC(C)CC(C)C2)cc1N. The minimum Gasteiger partial charge on any atom is -0.398 e. The molecule has 104 valence electrons. The molecule has 3 N–H and O–H groups in total. The Bertz CT molecular complexity index is 460. The predicted octanol–water partition coefficient (Wildman–Crippen LogP) is 3.71. The summed E-state index contributed by atoms with van der Waals surface area (Å²) in [5, 5.41) is 3.56. The number of nitrogen functional groups attached to an aromatic ring is 1. The largest absolute Gasteiger partial charge is 0.398 e. The number of anilines is 2. The lowest BCUT2D eigenvalue weighted by atomic mass is 9.80. The highest BCUT2D eigenvalue weighted by molar-refractivity contribution is 5.99. The van der Waals surface area contributed by atoms with E-state index in [2.05, 4.69) is 19.2 Å². The minimum atomic E-state index is 0.0176. The van der Waals surface area contributed by atoms with Crippen LogP contribution in [-0.2, 0) is 0 Å².